The molecule has 1 amide bonds. The molecule has 1 aliphatic heterocycles. The van der Waals surface area contributed by atoms with Crippen LogP contribution in [0.15, 0.2) is 48.5 Å². The Labute approximate surface area is 167 Å². The SMILES string of the molecule is Cc1ccccc1-n1nc2c(c1NC(=O)c1cccc(C(F)(F)F)c1)C[S@](=O)C2. The number of anilines is 1. The molecule has 0 saturated heterocycles. The van der Waals surface area contributed by atoms with Gasteiger partial charge >= 0.3 is 6.18 Å². The Bertz CT molecular complexity index is 1140. The maximum absolute atomic E-state index is 13.0. The first kappa shape index (κ1) is 19.4. The summed E-state index contributed by atoms with van der Waals surface area (Å²) in [6.45, 7) is 1.89. The predicted octanol–water partition coefficient (Wildman–Crippen LogP) is 4.21. The summed E-state index contributed by atoms with van der Waals surface area (Å²) in [6, 6.07) is 11.6. The Balaban J connectivity index is 1.75. The normalized spacial score (nSPS) is 15.9. The molecule has 1 aliphatic rings. The maximum Gasteiger partial charge on any atom is 0.416 e. The lowest BCUT2D eigenvalue weighted by molar-refractivity contribution is -0.137. The van der Waals surface area contributed by atoms with Crippen molar-refractivity contribution in [1.29, 1.82) is 0 Å². The summed E-state index contributed by atoms with van der Waals surface area (Å²) in [4.78, 5) is 12.7. The Morgan fingerprint density at radius 1 is 1.14 bits per heavy atom. The van der Waals surface area contributed by atoms with Crippen molar-refractivity contribution in [3.63, 3.8) is 0 Å². The van der Waals surface area contributed by atoms with Crippen LogP contribution in [0.3, 0.4) is 0 Å². The van der Waals surface area contributed by atoms with Gasteiger partial charge in [-0.1, -0.05) is 24.3 Å². The summed E-state index contributed by atoms with van der Waals surface area (Å²) in [5.41, 5.74) is 1.88. The van der Waals surface area contributed by atoms with Gasteiger partial charge in [0.05, 0.1) is 28.5 Å². The molecule has 0 aliphatic carbocycles. The van der Waals surface area contributed by atoms with E-state index in [1.807, 2.05) is 31.2 Å². The number of nitrogens with zero attached hydrogens (tertiary/aromatic N) is 2. The van der Waals surface area contributed by atoms with Gasteiger partial charge < -0.3 is 5.32 Å². The molecule has 0 unspecified atom stereocenters. The molecular formula is C20H16F3N3O2S. The fraction of sp³-hybridized carbons (Fsp3) is 0.200. The molecule has 9 heteroatoms. The number of nitrogens with one attached hydrogen (secondary N) is 1. The fourth-order valence-electron chi connectivity index (χ4n) is 3.25. The van der Waals surface area contributed by atoms with Gasteiger partial charge in [0.25, 0.3) is 5.91 Å². The predicted molar refractivity (Wildman–Crippen MR) is 103 cm³/mol. The van der Waals surface area contributed by atoms with E-state index in [4.69, 9.17) is 0 Å². The summed E-state index contributed by atoms with van der Waals surface area (Å²) in [6.07, 6.45) is -4.54. The average Bonchev–Trinajstić information content (AvgIpc) is 3.18. The van der Waals surface area contributed by atoms with Gasteiger partial charge in [0.2, 0.25) is 0 Å². The van der Waals surface area contributed by atoms with Gasteiger partial charge in [0, 0.05) is 21.9 Å². The molecule has 150 valence electrons. The first-order chi connectivity index (χ1) is 13.7. The molecule has 2 aromatic carbocycles. The van der Waals surface area contributed by atoms with Crippen LogP contribution in [0.2, 0.25) is 0 Å². The molecule has 4 rings (SSSR count). The molecule has 2 heterocycles. The first-order valence-corrected chi connectivity index (χ1v) is 10.2. The number of para-hydroxylation sites is 1. The average molecular weight is 419 g/mol. The highest BCUT2D eigenvalue weighted by atomic mass is 32.2. The van der Waals surface area contributed by atoms with Gasteiger partial charge in [0.1, 0.15) is 5.82 Å². The van der Waals surface area contributed by atoms with Crippen LogP contribution in [0, 0.1) is 6.92 Å². The summed E-state index contributed by atoms with van der Waals surface area (Å²) in [7, 11) is -1.12. The largest absolute Gasteiger partial charge is 0.416 e. The molecule has 0 fully saturated rings. The zero-order chi connectivity index (χ0) is 20.8. The van der Waals surface area contributed by atoms with Crippen molar-refractivity contribution >= 4 is 22.5 Å². The zero-order valence-electron chi connectivity index (χ0n) is 15.3. The second-order valence-corrected chi connectivity index (χ2v) is 8.19. The van der Waals surface area contributed by atoms with Gasteiger partial charge in [0.15, 0.2) is 0 Å². The molecule has 1 atom stereocenters. The third kappa shape index (κ3) is 3.69. The second-order valence-electron chi connectivity index (χ2n) is 6.73. The van der Waals surface area contributed by atoms with Crippen molar-refractivity contribution in [2.75, 3.05) is 5.32 Å². The minimum absolute atomic E-state index is 0.120. The van der Waals surface area contributed by atoms with Gasteiger partial charge in [-0.15, -0.1) is 0 Å². The number of hydrogen-bond donors (Lipinski definition) is 1. The highest BCUT2D eigenvalue weighted by molar-refractivity contribution is 7.83. The number of alkyl halides is 3. The van der Waals surface area contributed by atoms with Crippen molar-refractivity contribution in [2.24, 2.45) is 0 Å². The lowest BCUT2D eigenvalue weighted by Crippen LogP contribution is -2.18. The van der Waals surface area contributed by atoms with Crippen LogP contribution in [-0.2, 0) is 28.5 Å². The quantitative estimate of drug-likeness (QED) is 0.692. The minimum atomic E-state index is -4.54. The molecule has 29 heavy (non-hydrogen) atoms. The zero-order valence-corrected chi connectivity index (χ0v) is 16.1. The van der Waals surface area contributed by atoms with E-state index in [-0.39, 0.29) is 17.1 Å². The topological polar surface area (TPSA) is 64.0 Å². The monoisotopic (exact) mass is 419 g/mol. The van der Waals surface area contributed by atoms with Crippen LogP contribution in [0.4, 0.5) is 19.0 Å². The number of carbonyl (C=O) groups is 1. The highest BCUT2D eigenvalue weighted by Crippen LogP contribution is 2.33. The molecule has 0 bridgehead atoms. The number of hydrogen-bond acceptors (Lipinski definition) is 3. The van der Waals surface area contributed by atoms with E-state index in [0.29, 0.717) is 17.1 Å². The summed E-state index contributed by atoms with van der Waals surface area (Å²) < 4.78 is 52.5. The van der Waals surface area contributed by atoms with Crippen molar-refractivity contribution in [3.8, 4) is 5.69 Å². The molecule has 1 aromatic heterocycles. The summed E-state index contributed by atoms with van der Waals surface area (Å²) >= 11 is 0. The van der Waals surface area contributed by atoms with E-state index in [2.05, 4.69) is 10.4 Å². The van der Waals surface area contributed by atoms with Crippen LogP contribution in [0.25, 0.3) is 5.69 Å². The number of halogens is 3. The Kier molecular flexibility index (Phi) is 4.77. The van der Waals surface area contributed by atoms with Gasteiger partial charge in [-0.3, -0.25) is 9.00 Å². The lowest BCUT2D eigenvalue weighted by atomic mass is 10.1. The van der Waals surface area contributed by atoms with Crippen LogP contribution in [0.1, 0.15) is 32.7 Å². The summed E-state index contributed by atoms with van der Waals surface area (Å²) in [5, 5.41) is 7.20. The Morgan fingerprint density at radius 3 is 2.62 bits per heavy atom. The molecule has 1 N–H and O–H groups in total. The maximum atomic E-state index is 13.0. The van der Waals surface area contributed by atoms with E-state index < -0.39 is 28.4 Å². The standard InChI is InChI=1S/C20H16F3N3O2S/c1-12-5-2-3-8-17(12)26-18(15-10-29(28)11-16(15)25-26)24-19(27)13-6-4-7-14(9-13)20(21,22)23/h2-9H,10-11H2,1H3,(H,24,27)/t29-/m0/s1. The van der Waals surface area contributed by atoms with Crippen molar-refractivity contribution in [3.05, 3.63) is 76.5 Å². The van der Waals surface area contributed by atoms with Crippen molar-refractivity contribution in [2.45, 2.75) is 24.6 Å². The number of aromatic nitrogens is 2. The van der Waals surface area contributed by atoms with Crippen LogP contribution < -0.4 is 5.32 Å². The third-order valence-corrected chi connectivity index (χ3v) is 5.90. The Hall–Kier alpha value is -2.94. The van der Waals surface area contributed by atoms with Crippen molar-refractivity contribution in [1.82, 2.24) is 9.78 Å². The van der Waals surface area contributed by atoms with E-state index >= 15 is 0 Å². The van der Waals surface area contributed by atoms with Crippen LogP contribution in [0.5, 0.6) is 0 Å². The first-order valence-electron chi connectivity index (χ1n) is 8.74. The fourth-order valence-corrected chi connectivity index (χ4v) is 4.51. The van der Waals surface area contributed by atoms with E-state index in [9.17, 15) is 22.2 Å². The number of aryl methyl sites for hydroxylation is 1. The highest BCUT2D eigenvalue weighted by Gasteiger charge is 2.32. The van der Waals surface area contributed by atoms with Gasteiger partial charge in [-0.25, -0.2) is 4.68 Å². The number of benzene rings is 2. The van der Waals surface area contributed by atoms with Gasteiger partial charge in [-0.05, 0) is 36.8 Å². The summed E-state index contributed by atoms with van der Waals surface area (Å²) in [5.74, 6) is 0.161. The lowest BCUT2D eigenvalue weighted by Gasteiger charge is -2.13. The molecule has 0 saturated carbocycles. The number of amides is 1. The Morgan fingerprint density at radius 2 is 1.90 bits per heavy atom. The molecule has 3 aromatic rings. The third-order valence-electron chi connectivity index (χ3n) is 4.70. The number of fused-ring (bicyclic) bond motifs is 1. The van der Waals surface area contributed by atoms with E-state index in [0.717, 1.165) is 23.4 Å². The van der Waals surface area contributed by atoms with E-state index in [1.54, 1.807) is 4.68 Å². The molecule has 5 nitrogen and oxygen atoms in total. The molecule has 0 radical (unpaired) electrons. The molecular weight excluding hydrogens is 403 g/mol. The number of carbonyl (C=O) groups excluding carboxylic acids is 1. The van der Waals surface area contributed by atoms with Crippen LogP contribution >= 0.6 is 0 Å². The second kappa shape index (κ2) is 7.14. The van der Waals surface area contributed by atoms with E-state index in [1.165, 1.54) is 12.1 Å². The smallest absolute Gasteiger partial charge is 0.306 e. The van der Waals surface area contributed by atoms with Crippen molar-refractivity contribution < 1.29 is 22.2 Å². The minimum Gasteiger partial charge on any atom is -0.306 e. The number of rotatable bonds is 3. The molecule has 0 spiro atoms. The van der Waals surface area contributed by atoms with Crippen LogP contribution in [-0.4, -0.2) is 19.9 Å². The van der Waals surface area contributed by atoms with Gasteiger partial charge in [-0.2, -0.15) is 18.3 Å².